The first kappa shape index (κ1) is 33.7. The maximum atomic E-state index is 13.6. The molecule has 0 fully saturated rings. The van der Waals surface area contributed by atoms with Crippen LogP contribution in [0.1, 0.15) is 11.1 Å². The van der Waals surface area contributed by atoms with Crippen LogP contribution in [-0.4, -0.2) is 0 Å². The number of hydrogen-bond acceptors (Lipinski definition) is 6. The van der Waals surface area contributed by atoms with Gasteiger partial charge in [-0.3, -0.25) is 0 Å². The summed E-state index contributed by atoms with van der Waals surface area (Å²) in [6.45, 7) is 3.94. The molecule has 0 radical (unpaired) electrons. The molecule has 7 aromatic rings. The van der Waals surface area contributed by atoms with E-state index in [-0.39, 0.29) is 11.6 Å². The predicted octanol–water partition coefficient (Wildman–Crippen LogP) is 13.3. The number of ether oxygens (including phenoxy) is 6. The van der Waals surface area contributed by atoms with Gasteiger partial charge in [0.1, 0.15) is 57.6 Å². The van der Waals surface area contributed by atoms with Crippen LogP contribution in [0.25, 0.3) is 0 Å². The molecule has 0 bridgehead atoms. The van der Waals surface area contributed by atoms with Crippen molar-refractivity contribution in [3.8, 4) is 69.0 Å². The zero-order valence-corrected chi connectivity index (χ0v) is 28.2. The highest BCUT2D eigenvalue weighted by molar-refractivity contribution is 5.51. The van der Waals surface area contributed by atoms with E-state index in [1.807, 2.05) is 68.4 Å². The second-order valence-corrected chi connectivity index (χ2v) is 11.8. The van der Waals surface area contributed by atoms with Crippen LogP contribution >= 0.6 is 0 Å². The van der Waals surface area contributed by atoms with E-state index in [0.717, 1.165) is 11.1 Å². The first-order chi connectivity index (χ1) is 25.3. The van der Waals surface area contributed by atoms with Crippen LogP contribution in [-0.2, 0) is 0 Å². The Labute approximate surface area is 300 Å². The van der Waals surface area contributed by atoms with E-state index in [4.69, 9.17) is 28.4 Å². The standard InChI is InChI=1S/C44H32F2O6/c1-29-12-22-41(43(24-29)49-35-18-14-33(15-19-35)47-37-8-3-6-31(45)26-37)51-39-10-5-11-40(28-39)52-42-23-13-30(2)25-44(42)50-36-20-16-34(17-21-36)48-38-9-4-7-32(46)27-38/h3-28H,1-2H3. The average Bonchev–Trinajstić information content (AvgIpc) is 3.13. The highest BCUT2D eigenvalue weighted by Gasteiger charge is 2.13. The monoisotopic (exact) mass is 694 g/mol. The minimum Gasteiger partial charge on any atom is -0.457 e. The minimum atomic E-state index is -0.370. The molecule has 0 spiro atoms. The van der Waals surface area contributed by atoms with Crippen LogP contribution in [0.3, 0.4) is 0 Å². The van der Waals surface area contributed by atoms with Gasteiger partial charge in [-0.2, -0.15) is 0 Å². The van der Waals surface area contributed by atoms with Gasteiger partial charge in [-0.15, -0.1) is 0 Å². The van der Waals surface area contributed by atoms with Crippen molar-refractivity contribution >= 4 is 0 Å². The molecule has 0 amide bonds. The molecule has 0 aliphatic rings. The van der Waals surface area contributed by atoms with Crippen molar-refractivity contribution in [1.82, 2.24) is 0 Å². The highest BCUT2D eigenvalue weighted by atomic mass is 19.1. The van der Waals surface area contributed by atoms with Gasteiger partial charge in [0.05, 0.1) is 0 Å². The Balaban J connectivity index is 1.03. The van der Waals surface area contributed by atoms with Crippen LogP contribution in [0, 0.1) is 25.5 Å². The highest BCUT2D eigenvalue weighted by Crippen LogP contribution is 2.40. The van der Waals surface area contributed by atoms with E-state index in [1.165, 1.54) is 24.3 Å². The molecule has 258 valence electrons. The van der Waals surface area contributed by atoms with Crippen LogP contribution in [0.15, 0.2) is 158 Å². The summed E-state index contributed by atoms with van der Waals surface area (Å²) < 4.78 is 63.7. The van der Waals surface area contributed by atoms with Gasteiger partial charge >= 0.3 is 0 Å². The number of hydrogen-bond donors (Lipinski definition) is 0. The number of benzene rings is 7. The molecule has 0 N–H and O–H groups in total. The van der Waals surface area contributed by atoms with Crippen molar-refractivity contribution in [3.05, 3.63) is 180 Å². The van der Waals surface area contributed by atoms with Crippen LogP contribution in [0.4, 0.5) is 8.78 Å². The van der Waals surface area contributed by atoms with Crippen molar-refractivity contribution in [2.24, 2.45) is 0 Å². The zero-order valence-electron chi connectivity index (χ0n) is 28.2. The van der Waals surface area contributed by atoms with Crippen molar-refractivity contribution in [2.75, 3.05) is 0 Å². The van der Waals surface area contributed by atoms with E-state index < -0.39 is 0 Å². The third-order valence-corrected chi connectivity index (χ3v) is 7.63. The molecule has 0 unspecified atom stereocenters. The number of aryl methyl sites for hydroxylation is 2. The van der Waals surface area contributed by atoms with E-state index in [1.54, 1.807) is 78.9 Å². The Kier molecular flexibility index (Phi) is 9.97. The fraction of sp³-hybridized carbons (Fsp3) is 0.0455. The fourth-order valence-corrected chi connectivity index (χ4v) is 5.15. The Morgan fingerprint density at radius 1 is 0.288 bits per heavy atom. The van der Waals surface area contributed by atoms with Gasteiger partial charge < -0.3 is 28.4 Å². The molecule has 8 heteroatoms. The molecule has 0 saturated carbocycles. The van der Waals surface area contributed by atoms with Crippen molar-refractivity contribution in [3.63, 3.8) is 0 Å². The molecule has 0 saturated heterocycles. The van der Waals surface area contributed by atoms with Gasteiger partial charge in [0.2, 0.25) is 0 Å². The van der Waals surface area contributed by atoms with Crippen LogP contribution < -0.4 is 28.4 Å². The summed E-state index contributed by atoms with van der Waals surface area (Å²) in [6, 6.07) is 44.6. The summed E-state index contributed by atoms with van der Waals surface area (Å²) in [5.41, 5.74) is 1.98. The molecule has 7 rings (SSSR count). The molecule has 0 aromatic heterocycles. The molecule has 52 heavy (non-hydrogen) atoms. The van der Waals surface area contributed by atoms with Gasteiger partial charge in [0, 0.05) is 18.2 Å². The smallest absolute Gasteiger partial charge is 0.170 e. The van der Waals surface area contributed by atoms with Gasteiger partial charge in [0.25, 0.3) is 0 Å². The Hall–Kier alpha value is -6.80. The molecule has 0 aliphatic heterocycles. The van der Waals surface area contributed by atoms with E-state index >= 15 is 0 Å². The van der Waals surface area contributed by atoms with E-state index in [2.05, 4.69) is 0 Å². The lowest BCUT2D eigenvalue weighted by Gasteiger charge is -2.15. The van der Waals surface area contributed by atoms with Crippen molar-refractivity contribution in [1.29, 1.82) is 0 Å². The summed E-state index contributed by atoms with van der Waals surface area (Å²) in [6.07, 6.45) is 0. The summed E-state index contributed by atoms with van der Waals surface area (Å²) >= 11 is 0. The molecule has 7 aromatic carbocycles. The van der Waals surface area contributed by atoms with E-state index in [9.17, 15) is 8.78 Å². The summed E-state index contributed by atoms with van der Waals surface area (Å²) in [5, 5.41) is 0. The van der Waals surface area contributed by atoms with Gasteiger partial charge in [-0.1, -0.05) is 30.3 Å². The Morgan fingerprint density at radius 3 is 1.00 bits per heavy atom. The minimum absolute atomic E-state index is 0.370. The summed E-state index contributed by atoms with van der Waals surface area (Å²) in [7, 11) is 0. The normalized spacial score (nSPS) is 10.7. The number of halogens is 2. The van der Waals surface area contributed by atoms with Crippen LogP contribution in [0.5, 0.6) is 69.0 Å². The molecular formula is C44H32F2O6. The van der Waals surface area contributed by atoms with Gasteiger partial charge in [-0.25, -0.2) is 8.78 Å². The summed E-state index contributed by atoms with van der Waals surface area (Å²) in [4.78, 5) is 0. The average molecular weight is 695 g/mol. The third kappa shape index (κ3) is 8.86. The maximum absolute atomic E-state index is 13.6. The Morgan fingerprint density at radius 2 is 0.615 bits per heavy atom. The quantitative estimate of drug-likeness (QED) is 0.127. The van der Waals surface area contributed by atoms with Crippen molar-refractivity contribution < 1.29 is 37.2 Å². The molecule has 6 nitrogen and oxygen atoms in total. The van der Waals surface area contributed by atoms with Gasteiger partial charge in [0.15, 0.2) is 23.0 Å². The topological polar surface area (TPSA) is 55.4 Å². The lowest BCUT2D eigenvalue weighted by Crippen LogP contribution is -1.93. The molecular weight excluding hydrogens is 662 g/mol. The fourth-order valence-electron chi connectivity index (χ4n) is 5.15. The van der Waals surface area contributed by atoms with Crippen LogP contribution in [0.2, 0.25) is 0 Å². The second kappa shape index (κ2) is 15.4. The first-order valence-electron chi connectivity index (χ1n) is 16.4. The SMILES string of the molecule is Cc1ccc(Oc2cccc(Oc3ccc(C)cc3Oc3ccc(Oc4cccc(F)c4)cc3)c2)c(Oc2ccc(Oc3cccc(F)c3)cc2)c1. The predicted molar refractivity (Wildman–Crippen MR) is 195 cm³/mol. The third-order valence-electron chi connectivity index (χ3n) is 7.63. The van der Waals surface area contributed by atoms with Gasteiger partial charge in [-0.05, 0) is 134 Å². The molecule has 0 heterocycles. The maximum Gasteiger partial charge on any atom is 0.170 e. The Bertz CT molecular complexity index is 2150. The van der Waals surface area contributed by atoms with E-state index in [0.29, 0.717) is 69.0 Å². The first-order valence-corrected chi connectivity index (χ1v) is 16.4. The lowest BCUT2D eigenvalue weighted by atomic mass is 10.2. The molecule has 0 atom stereocenters. The lowest BCUT2D eigenvalue weighted by molar-refractivity contribution is 0.406. The zero-order chi connectivity index (χ0) is 35.9. The molecule has 0 aliphatic carbocycles. The second-order valence-electron chi connectivity index (χ2n) is 11.8. The van der Waals surface area contributed by atoms with Crippen molar-refractivity contribution in [2.45, 2.75) is 13.8 Å². The summed E-state index contributed by atoms with van der Waals surface area (Å²) in [5.74, 6) is 5.42. The largest absolute Gasteiger partial charge is 0.457 e. The number of rotatable bonds is 12.